The monoisotopic (exact) mass is 160 g/mol. The van der Waals surface area contributed by atoms with Crippen LogP contribution in [0, 0.1) is 18.6 Å². The van der Waals surface area contributed by atoms with E-state index in [9.17, 15) is 8.78 Å². The largest absolute Gasteiger partial charge is 0.504 e. The second-order valence-electron chi connectivity index (χ2n) is 2.19. The molecule has 4 heteroatoms. The van der Waals surface area contributed by atoms with Crippen LogP contribution in [-0.2, 0) is 0 Å². The fourth-order valence-corrected chi connectivity index (χ4v) is 0.726. The van der Waals surface area contributed by atoms with E-state index in [0.29, 0.717) is 0 Å². The molecule has 0 saturated heterocycles. The highest BCUT2D eigenvalue weighted by Gasteiger charge is 2.14. The molecule has 0 unspecified atom stereocenters. The number of phenols is 2. The fraction of sp³-hybridized carbons (Fsp3) is 0.143. The highest BCUT2D eigenvalue weighted by Crippen LogP contribution is 2.30. The van der Waals surface area contributed by atoms with Gasteiger partial charge in [-0.3, -0.25) is 0 Å². The Labute approximate surface area is 61.7 Å². The molecule has 1 aromatic carbocycles. The number of rotatable bonds is 0. The second-order valence-corrected chi connectivity index (χ2v) is 2.19. The Balaban J connectivity index is 3.46. The van der Waals surface area contributed by atoms with Crippen molar-refractivity contribution >= 4 is 0 Å². The topological polar surface area (TPSA) is 40.5 Å². The predicted molar refractivity (Wildman–Crippen MR) is 34.4 cm³/mol. The fourth-order valence-electron chi connectivity index (χ4n) is 0.726. The zero-order valence-electron chi connectivity index (χ0n) is 5.73. The van der Waals surface area contributed by atoms with Gasteiger partial charge in [0.05, 0.1) is 0 Å². The van der Waals surface area contributed by atoms with Crippen molar-refractivity contribution in [1.29, 1.82) is 0 Å². The Hall–Kier alpha value is -1.32. The summed E-state index contributed by atoms with van der Waals surface area (Å²) < 4.78 is 25.0. The summed E-state index contributed by atoms with van der Waals surface area (Å²) in [6.45, 7) is 1.29. The lowest BCUT2D eigenvalue weighted by atomic mass is 10.2. The van der Waals surface area contributed by atoms with Gasteiger partial charge in [0, 0.05) is 0 Å². The maximum Gasteiger partial charge on any atom is 0.204 e. The normalized spacial score (nSPS) is 10.1. The molecule has 1 rings (SSSR count). The first-order chi connectivity index (χ1) is 5.04. The summed E-state index contributed by atoms with van der Waals surface area (Å²) in [6, 6.07) is 0.952. The van der Waals surface area contributed by atoms with Crippen LogP contribution in [0.2, 0.25) is 0 Å². The lowest BCUT2D eigenvalue weighted by molar-refractivity contribution is 0.362. The van der Waals surface area contributed by atoms with Gasteiger partial charge in [0.2, 0.25) is 5.82 Å². The van der Waals surface area contributed by atoms with Crippen LogP contribution in [-0.4, -0.2) is 10.2 Å². The Morgan fingerprint density at radius 1 is 1.18 bits per heavy atom. The number of hydrogen-bond acceptors (Lipinski definition) is 2. The van der Waals surface area contributed by atoms with Gasteiger partial charge in [-0.1, -0.05) is 0 Å². The Morgan fingerprint density at radius 2 is 1.73 bits per heavy atom. The van der Waals surface area contributed by atoms with Crippen LogP contribution in [0.15, 0.2) is 6.07 Å². The summed E-state index contributed by atoms with van der Waals surface area (Å²) in [5.41, 5.74) is -0.0437. The smallest absolute Gasteiger partial charge is 0.204 e. The van der Waals surface area contributed by atoms with Crippen LogP contribution in [0.3, 0.4) is 0 Å². The first kappa shape index (κ1) is 7.78. The third kappa shape index (κ3) is 1.11. The van der Waals surface area contributed by atoms with E-state index < -0.39 is 23.1 Å². The zero-order chi connectivity index (χ0) is 8.59. The van der Waals surface area contributed by atoms with Gasteiger partial charge in [-0.25, -0.2) is 4.39 Å². The van der Waals surface area contributed by atoms with Crippen LogP contribution in [0.5, 0.6) is 11.5 Å². The van der Waals surface area contributed by atoms with Crippen molar-refractivity contribution in [2.24, 2.45) is 0 Å². The molecule has 0 saturated carbocycles. The third-order valence-corrected chi connectivity index (χ3v) is 1.34. The number of hydrogen-bond donors (Lipinski definition) is 2. The first-order valence-electron chi connectivity index (χ1n) is 2.90. The van der Waals surface area contributed by atoms with Gasteiger partial charge in [-0.15, -0.1) is 0 Å². The number of benzene rings is 1. The van der Waals surface area contributed by atoms with Crippen LogP contribution in [0.25, 0.3) is 0 Å². The minimum Gasteiger partial charge on any atom is -0.504 e. The molecular weight excluding hydrogens is 154 g/mol. The van der Waals surface area contributed by atoms with E-state index >= 15 is 0 Å². The molecule has 0 amide bonds. The van der Waals surface area contributed by atoms with E-state index in [-0.39, 0.29) is 5.56 Å². The average molecular weight is 160 g/mol. The number of phenolic OH excluding ortho intramolecular Hbond substituents is 2. The van der Waals surface area contributed by atoms with Crippen molar-refractivity contribution in [2.75, 3.05) is 0 Å². The van der Waals surface area contributed by atoms with E-state index in [1.807, 2.05) is 0 Å². The Morgan fingerprint density at radius 3 is 2.27 bits per heavy atom. The molecule has 0 heterocycles. The molecule has 0 aromatic heterocycles. The van der Waals surface area contributed by atoms with Crippen LogP contribution < -0.4 is 0 Å². The average Bonchev–Trinajstić information content (AvgIpc) is 1.97. The van der Waals surface area contributed by atoms with E-state index in [2.05, 4.69) is 0 Å². The number of aryl methyl sites for hydroxylation is 1. The van der Waals surface area contributed by atoms with Gasteiger partial charge >= 0.3 is 0 Å². The second kappa shape index (κ2) is 2.38. The molecule has 0 spiro atoms. The van der Waals surface area contributed by atoms with E-state index in [4.69, 9.17) is 10.2 Å². The lowest BCUT2D eigenvalue weighted by Crippen LogP contribution is -1.89. The van der Waals surface area contributed by atoms with E-state index in [1.54, 1.807) is 0 Å². The van der Waals surface area contributed by atoms with Crippen molar-refractivity contribution in [3.05, 3.63) is 23.3 Å². The molecule has 0 bridgehead atoms. The summed E-state index contributed by atoms with van der Waals surface area (Å²) in [4.78, 5) is 0. The predicted octanol–water partition coefficient (Wildman–Crippen LogP) is 1.68. The van der Waals surface area contributed by atoms with Crippen molar-refractivity contribution in [3.63, 3.8) is 0 Å². The maximum atomic E-state index is 12.5. The third-order valence-electron chi connectivity index (χ3n) is 1.34. The molecule has 0 radical (unpaired) electrons. The van der Waals surface area contributed by atoms with E-state index in [1.165, 1.54) is 6.92 Å². The molecule has 0 fully saturated rings. The van der Waals surface area contributed by atoms with Gasteiger partial charge in [0.1, 0.15) is 0 Å². The summed E-state index contributed by atoms with van der Waals surface area (Å²) in [6.07, 6.45) is 0. The molecule has 60 valence electrons. The molecule has 2 nitrogen and oxygen atoms in total. The molecule has 0 atom stereocenters. The molecule has 2 N–H and O–H groups in total. The zero-order valence-corrected chi connectivity index (χ0v) is 5.73. The minimum absolute atomic E-state index is 0.0437. The molecule has 11 heavy (non-hydrogen) atoms. The van der Waals surface area contributed by atoms with E-state index in [0.717, 1.165) is 6.07 Å². The highest BCUT2D eigenvalue weighted by atomic mass is 19.2. The Bertz CT molecular complexity index is 271. The molecular formula is C7H6F2O2. The summed E-state index contributed by atoms with van der Waals surface area (Å²) in [5.74, 6) is -4.25. The molecule has 1 aromatic rings. The van der Waals surface area contributed by atoms with Crippen molar-refractivity contribution in [2.45, 2.75) is 6.92 Å². The number of halogens is 2. The molecule has 0 aliphatic heterocycles. The summed E-state index contributed by atoms with van der Waals surface area (Å²) >= 11 is 0. The quantitative estimate of drug-likeness (QED) is 0.567. The van der Waals surface area contributed by atoms with Crippen molar-refractivity contribution < 1.29 is 19.0 Å². The van der Waals surface area contributed by atoms with Crippen molar-refractivity contribution in [3.8, 4) is 11.5 Å². The van der Waals surface area contributed by atoms with Gasteiger partial charge in [-0.2, -0.15) is 4.39 Å². The summed E-state index contributed by atoms with van der Waals surface area (Å²) in [5, 5.41) is 17.4. The van der Waals surface area contributed by atoms with Crippen LogP contribution in [0.1, 0.15) is 5.56 Å². The summed E-state index contributed by atoms with van der Waals surface area (Å²) in [7, 11) is 0. The SMILES string of the molecule is Cc1cc(O)c(O)c(F)c1F. The van der Waals surface area contributed by atoms with Crippen LogP contribution >= 0.6 is 0 Å². The minimum atomic E-state index is -1.41. The highest BCUT2D eigenvalue weighted by molar-refractivity contribution is 5.42. The number of aromatic hydroxyl groups is 2. The lowest BCUT2D eigenvalue weighted by Gasteiger charge is -2.01. The van der Waals surface area contributed by atoms with Gasteiger partial charge < -0.3 is 10.2 Å². The van der Waals surface area contributed by atoms with Gasteiger partial charge in [0.25, 0.3) is 0 Å². The first-order valence-corrected chi connectivity index (χ1v) is 2.90. The van der Waals surface area contributed by atoms with Gasteiger partial charge in [-0.05, 0) is 18.6 Å². The Kier molecular flexibility index (Phi) is 1.68. The standard InChI is InChI=1S/C7H6F2O2/c1-3-2-4(10)7(11)6(9)5(3)8/h2,10-11H,1H3. The van der Waals surface area contributed by atoms with Crippen LogP contribution in [0.4, 0.5) is 8.78 Å². The molecule has 0 aliphatic carbocycles. The maximum absolute atomic E-state index is 12.5. The van der Waals surface area contributed by atoms with Crippen molar-refractivity contribution in [1.82, 2.24) is 0 Å². The molecule has 0 aliphatic rings. The van der Waals surface area contributed by atoms with Gasteiger partial charge in [0.15, 0.2) is 17.3 Å².